The average Bonchev–Trinajstić information content (AvgIpc) is 3.15. The van der Waals surface area contributed by atoms with E-state index in [-0.39, 0.29) is 17.7 Å². The summed E-state index contributed by atoms with van der Waals surface area (Å²) in [5.74, 6) is -0.690. The Bertz CT molecular complexity index is 1070. The Labute approximate surface area is 185 Å². The molecule has 3 rings (SSSR count). The zero-order valence-electron chi connectivity index (χ0n) is 18.3. The van der Waals surface area contributed by atoms with Crippen LogP contribution in [0.3, 0.4) is 0 Å². The molecule has 0 bridgehead atoms. The quantitative estimate of drug-likeness (QED) is 0.484. The van der Waals surface area contributed by atoms with E-state index in [0.29, 0.717) is 11.7 Å². The number of carbonyl (C=O) groups excluding carboxylic acids is 1. The van der Waals surface area contributed by atoms with Gasteiger partial charge in [0.2, 0.25) is 5.69 Å². The smallest absolute Gasteiger partial charge is 0.476 e. The molecular formula is C23H25N3O6. The number of benzene rings is 2. The SMILES string of the molecule is CC(C)OC(=O)OCn1nnc(Oc2ccc(-c3ccc(C(C)C)cc3)cc2)c1C(=O)O. The summed E-state index contributed by atoms with van der Waals surface area (Å²) in [6.45, 7) is 7.14. The Morgan fingerprint density at radius 1 is 0.969 bits per heavy atom. The number of carboxylic acid groups (broad SMARTS) is 1. The second-order valence-corrected chi connectivity index (χ2v) is 7.64. The zero-order chi connectivity index (χ0) is 23.3. The Kier molecular flexibility index (Phi) is 7.09. The Morgan fingerprint density at radius 2 is 1.56 bits per heavy atom. The summed E-state index contributed by atoms with van der Waals surface area (Å²) in [6.07, 6.45) is -1.31. The normalized spacial score (nSPS) is 10.9. The lowest BCUT2D eigenvalue weighted by molar-refractivity contribution is 0.0113. The van der Waals surface area contributed by atoms with E-state index < -0.39 is 18.9 Å². The van der Waals surface area contributed by atoms with Crippen molar-refractivity contribution in [3.8, 4) is 22.8 Å². The number of carbonyl (C=O) groups is 2. The molecule has 3 aromatic rings. The molecule has 1 aromatic heterocycles. The van der Waals surface area contributed by atoms with Gasteiger partial charge < -0.3 is 19.3 Å². The third-order valence-corrected chi connectivity index (χ3v) is 4.52. The number of rotatable bonds is 8. The van der Waals surface area contributed by atoms with Gasteiger partial charge in [0, 0.05) is 0 Å². The van der Waals surface area contributed by atoms with Crippen LogP contribution in [0.2, 0.25) is 0 Å². The van der Waals surface area contributed by atoms with Crippen LogP contribution in [0.15, 0.2) is 48.5 Å². The van der Waals surface area contributed by atoms with E-state index in [2.05, 4.69) is 48.4 Å². The van der Waals surface area contributed by atoms with Crippen molar-refractivity contribution in [2.45, 2.75) is 46.4 Å². The molecule has 9 heteroatoms. The van der Waals surface area contributed by atoms with Gasteiger partial charge in [-0.1, -0.05) is 60.6 Å². The molecule has 0 saturated carbocycles. The molecule has 0 radical (unpaired) electrons. The molecule has 0 aliphatic rings. The molecule has 0 saturated heterocycles. The minimum atomic E-state index is -1.33. The largest absolute Gasteiger partial charge is 0.510 e. The van der Waals surface area contributed by atoms with Crippen LogP contribution in [0.25, 0.3) is 11.1 Å². The molecule has 0 amide bonds. The number of hydrogen-bond acceptors (Lipinski definition) is 7. The summed E-state index contributed by atoms with van der Waals surface area (Å²) in [5.41, 5.74) is 2.96. The highest BCUT2D eigenvalue weighted by molar-refractivity contribution is 5.88. The minimum absolute atomic E-state index is 0.215. The van der Waals surface area contributed by atoms with E-state index >= 15 is 0 Å². The van der Waals surface area contributed by atoms with Crippen LogP contribution < -0.4 is 4.74 Å². The van der Waals surface area contributed by atoms with Crippen LogP contribution in [0.5, 0.6) is 11.6 Å². The van der Waals surface area contributed by atoms with Crippen LogP contribution in [0, 0.1) is 0 Å². The summed E-state index contributed by atoms with van der Waals surface area (Å²) in [7, 11) is 0. The maximum Gasteiger partial charge on any atom is 0.510 e. The van der Waals surface area contributed by atoms with Crippen molar-refractivity contribution in [3.63, 3.8) is 0 Å². The van der Waals surface area contributed by atoms with E-state index in [0.717, 1.165) is 15.8 Å². The molecule has 1 N–H and O–H groups in total. The van der Waals surface area contributed by atoms with Crippen molar-refractivity contribution in [3.05, 3.63) is 59.8 Å². The maximum atomic E-state index is 11.7. The zero-order valence-corrected chi connectivity index (χ0v) is 18.3. The molecule has 9 nitrogen and oxygen atoms in total. The molecule has 0 fully saturated rings. The van der Waals surface area contributed by atoms with Gasteiger partial charge in [-0.3, -0.25) is 0 Å². The van der Waals surface area contributed by atoms with Crippen molar-refractivity contribution in [1.29, 1.82) is 0 Å². The molecule has 0 aliphatic heterocycles. The first-order valence-corrected chi connectivity index (χ1v) is 10.1. The second kappa shape index (κ2) is 9.95. The van der Waals surface area contributed by atoms with Crippen molar-refractivity contribution in [1.82, 2.24) is 15.0 Å². The first-order valence-electron chi connectivity index (χ1n) is 10.1. The summed E-state index contributed by atoms with van der Waals surface area (Å²) >= 11 is 0. The minimum Gasteiger partial charge on any atom is -0.476 e. The highest BCUT2D eigenvalue weighted by atomic mass is 16.7. The van der Waals surface area contributed by atoms with Crippen LogP contribution in [0.4, 0.5) is 4.79 Å². The molecule has 32 heavy (non-hydrogen) atoms. The van der Waals surface area contributed by atoms with E-state index in [4.69, 9.17) is 14.2 Å². The number of aromatic carboxylic acids is 1. The van der Waals surface area contributed by atoms with Gasteiger partial charge in [-0.25, -0.2) is 9.59 Å². The van der Waals surface area contributed by atoms with Crippen LogP contribution in [0.1, 0.15) is 49.7 Å². The predicted octanol–water partition coefficient (Wildman–Crippen LogP) is 5.08. The molecule has 0 atom stereocenters. The average molecular weight is 439 g/mol. The van der Waals surface area contributed by atoms with E-state index in [9.17, 15) is 14.7 Å². The molecule has 1 heterocycles. The Balaban J connectivity index is 1.72. The van der Waals surface area contributed by atoms with Gasteiger partial charge in [0.15, 0.2) is 6.73 Å². The fraction of sp³-hybridized carbons (Fsp3) is 0.304. The molecular weight excluding hydrogens is 414 g/mol. The first kappa shape index (κ1) is 22.8. The molecule has 0 unspecified atom stereocenters. The summed E-state index contributed by atoms with van der Waals surface area (Å²) in [4.78, 5) is 23.2. The molecule has 2 aromatic carbocycles. The highest BCUT2D eigenvalue weighted by Gasteiger charge is 2.23. The van der Waals surface area contributed by atoms with Crippen LogP contribution in [-0.4, -0.2) is 38.3 Å². The van der Waals surface area contributed by atoms with Crippen LogP contribution >= 0.6 is 0 Å². The van der Waals surface area contributed by atoms with Crippen molar-refractivity contribution in [2.75, 3.05) is 0 Å². The predicted molar refractivity (Wildman–Crippen MR) is 116 cm³/mol. The second-order valence-electron chi connectivity index (χ2n) is 7.64. The number of ether oxygens (including phenoxy) is 3. The third-order valence-electron chi connectivity index (χ3n) is 4.52. The number of hydrogen-bond donors (Lipinski definition) is 1. The van der Waals surface area contributed by atoms with E-state index in [1.54, 1.807) is 26.0 Å². The molecule has 168 valence electrons. The van der Waals surface area contributed by atoms with Crippen molar-refractivity contribution < 1.29 is 28.9 Å². The standard InChI is InChI=1S/C23H25N3O6/c1-14(2)16-5-7-17(8-6-16)18-9-11-19(12-10-18)32-21-20(22(27)28)26(25-24-21)13-30-23(29)31-15(3)4/h5-12,14-15H,13H2,1-4H3,(H,27,28). The van der Waals surface area contributed by atoms with Gasteiger partial charge >= 0.3 is 12.1 Å². The molecule has 0 spiro atoms. The van der Waals surface area contributed by atoms with Crippen molar-refractivity contribution >= 4 is 12.1 Å². The summed E-state index contributed by atoms with van der Waals surface area (Å²) < 4.78 is 16.2. The number of aromatic nitrogens is 3. The van der Waals surface area contributed by atoms with E-state index in [1.165, 1.54) is 5.56 Å². The fourth-order valence-corrected chi connectivity index (χ4v) is 2.89. The van der Waals surface area contributed by atoms with Gasteiger partial charge in [0.1, 0.15) is 5.75 Å². The lowest BCUT2D eigenvalue weighted by atomic mass is 9.99. The van der Waals surface area contributed by atoms with Gasteiger partial charge in [-0.05, 0) is 48.6 Å². The summed E-state index contributed by atoms with van der Waals surface area (Å²) in [5, 5.41) is 17.0. The Morgan fingerprint density at radius 3 is 2.09 bits per heavy atom. The van der Waals surface area contributed by atoms with Gasteiger partial charge in [0.05, 0.1) is 6.10 Å². The first-order chi connectivity index (χ1) is 15.2. The monoisotopic (exact) mass is 439 g/mol. The lowest BCUT2D eigenvalue weighted by Crippen LogP contribution is -2.18. The van der Waals surface area contributed by atoms with E-state index in [1.807, 2.05) is 12.1 Å². The third kappa shape index (κ3) is 5.63. The summed E-state index contributed by atoms with van der Waals surface area (Å²) in [6, 6.07) is 15.5. The topological polar surface area (TPSA) is 113 Å². The Hall–Kier alpha value is -3.88. The van der Waals surface area contributed by atoms with Gasteiger partial charge in [-0.15, -0.1) is 0 Å². The van der Waals surface area contributed by atoms with Gasteiger partial charge in [-0.2, -0.15) is 4.68 Å². The van der Waals surface area contributed by atoms with Crippen LogP contribution in [-0.2, 0) is 16.2 Å². The van der Waals surface area contributed by atoms with Crippen molar-refractivity contribution in [2.24, 2.45) is 0 Å². The van der Waals surface area contributed by atoms with Gasteiger partial charge in [0.25, 0.3) is 5.88 Å². The number of nitrogens with zero attached hydrogens (tertiary/aromatic N) is 3. The number of carboxylic acids is 1. The lowest BCUT2D eigenvalue weighted by Gasteiger charge is -2.09. The highest BCUT2D eigenvalue weighted by Crippen LogP contribution is 2.28. The molecule has 0 aliphatic carbocycles. The maximum absolute atomic E-state index is 11.7. The fourth-order valence-electron chi connectivity index (χ4n) is 2.89.